The molecule has 2 aromatic carbocycles. The molecule has 0 aliphatic heterocycles. The Hall–Kier alpha value is -3.94. The topological polar surface area (TPSA) is 105 Å². The highest BCUT2D eigenvalue weighted by Crippen LogP contribution is 2.38. The predicted octanol–water partition coefficient (Wildman–Crippen LogP) is 6.25. The number of pyridine rings is 1. The van der Waals surface area contributed by atoms with Crippen LogP contribution in [0.2, 0.25) is 0 Å². The van der Waals surface area contributed by atoms with Gasteiger partial charge in [0.25, 0.3) is 5.91 Å². The number of halogens is 6. The highest BCUT2D eigenvalue weighted by Gasteiger charge is 2.37. The maximum Gasteiger partial charge on any atom is 0.416 e. The van der Waals surface area contributed by atoms with Crippen LogP contribution >= 0.6 is 0 Å². The van der Waals surface area contributed by atoms with E-state index in [9.17, 15) is 44.3 Å². The van der Waals surface area contributed by atoms with Gasteiger partial charge in [0, 0.05) is 22.6 Å². The van der Waals surface area contributed by atoms with Crippen molar-refractivity contribution in [3.8, 4) is 11.3 Å². The number of sulfonamides is 1. The first-order valence-corrected chi connectivity index (χ1v) is 14.9. The number of amides is 2. The number of allylic oxidation sites excluding steroid dienone is 1. The molecule has 7 nitrogen and oxygen atoms in total. The van der Waals surface area contributed by atoms with Crippen molar-refractivity contribution in [1.29, 1.82) is 0 Å². The zero-order valence-electron chi connectivity index (χ0n) is 22.7. The lowest BCUT2D eigenvalue weighted by Crippen LogP contribution is -2.49. The van der Waals surface area contributed by atoms with Gasteiger partial charge in [-0.05, 0) is 61.7 Å². The third-order valence-electron chi connectivity index (χ3n) is 6.94. The quantitative estimate of drug-likeness (QED) is 0.227. The molecule has 1 heterocycles. The van der Waals surface area contributed by atoms with E-state index >= 15 is 0 Å². The molecule has 4 rings (SSSR count). The van der Waals surface area contributed by atoms with Crippen LogP contribution in [0.4, 0.5) is 26.3 Å². The van der Waals surface area contributed by atoms with E-state index in [1.165, 1.54) is 30.3 Å². The molecule has 1 aliphatic carbocycles. The van der Waals surface area contributed by atoms with Crippen LogP contribution in [0.1, 0.15) is 54.1 Å². The maximum absolute atomic E-state index is 13.3. The molecule has 2 N–H and O–H groups in total. The van der Waals surface area contributed by atoms with Crippen molar-refractivity contribution >= 4 is 32.7 Å². The molecule has 14 heteroatoms. The number of benzene rings is 2. The number of hydrogen-bond acceptors (Lipinski definition) is 5. The molecular weight excluding hydrogens is 600 g/mol. The molecule has 0 unspecified atom stereocenters. The molecule has 230 valence electrons. The Morgan fingerprint density at radius 3 is 2.19 bits per heavy atom. The van der Waals surface area contributed by atoms with Crippen LogP contribution < -0.4 is 10.0 Å². The van der Waals surface area contributed by atoms with Crippen molar-refractivity contribution in [3.63, 3.8) is 0 Å². The predicted molar refractivity (Wildman–Crippen MR) is 147 cm³/mol. The SMILES string of the molecule is CCCCS(=O)(=O)NC(=O)[C@H]1CC=CC[C@@H]1NC(=O)c1ccc2nc(-c3cc(C(F)(F)F)cc(C(F)(F)F)c3)ccc2c1. The number of nitrogens with zero attached hydrogens (tertiary/aromatic N) is 1. The van der Waals surface area contributed by atoms with Crippen molar-refractivity contribution in [2.75, 3.05) is 5.75 Å². The number of aromatic nitrogens is 1. The molecule has 1 aromatic heterocycles. The molecule has 2 amide bonds. The van der Waals surface area contributed by atoms with Gasteiger partial charge in [0.1, 0.15) is 0 Å². The Morgan fingerprint density at radius 1 is 0.907 bits per heavy atom. The van der Waals surface area contributed by atoms with Crippen LogP contribution in [0.25, 0.3) is 22.2 Å². The number of carbonyl (C=O) groups excluding carboxylic acids is 2. The molecule has 2 atom stereocenters. The third-order valence-corrected chi connectivity index (χ3v) is 8.28. The van der Waals surface area contributed by atoms with Gasteiger partial charge in [-0.2, -0.15) is 26.3 Å². The zero-order valence-corrected chi connectivity index (χ0v) is 23.5. The minimum atomic E-state index is -5.01. The van der Waals surface area contributed by atoms with E-state index in [2.05, 4.69) is 15.0 Å². The minimum absolute atomic E-state index is 0.0388. The van der Waals surface area contributed by atoms with E-state index in [-0.39, 0.29) is 47.0 Å². The summed E-state index contributed by atoms with van der Waals surface area (Å²) in [4.78, 5) is 30.1. The van der Waals surface area contributed by atoms with Crippen LogP contribution in [0.15, 0.2) is 60.7 Å². The van der Waals surface area contributed by atoms with Crippen molar-refractivity contribution in [3.05, 3.63) is 77.4 Å². The second kappa shape index (κ2) is 12.3. The lowest BCUT2D eigenvalue weighted by atomic mass is 9.88. The number of alkyl halides is 6. The Morgan fingerprint density at radius 2 is 1.56 bits per heavy atom. The molecule has 3 aromatic rings. The van der Waals surface area contributed by atoms with Gasteiger partial charge in [-0.3, -0.25) is 14.3 Å². The summed E-state index contributed by atoms with van der Waals surface area (Å²) in [5.74, 6) is -2.31. The molecule has 43 heavy (non-hydrogen) atoms. The van der Waals surface area contributed by atoms with Gasteiger partial charge >= 0.3 is 12.4 Å². The summed E-state index contributed by atoms with van der Waals surface area (Å²) in [6.07, 6.45) is -4.99. The summed E-state index contributed by atoms with van der Waals surface area (Å²) in [6.45, 7) is 1.82. The lowest BCUT2D eigenvalue weighted by molar-refractivity contribution is -0.143. The monoisotopic (exact) mass is 627 g/mol. The van der Waals surface area contributed by atoms with Crippen LogP contribution in [0.5, 0.6) is 0 Å². The minimum Gasteiger partial charge on any atom is -0.348 e. The Balaban J connectivity index is 1.55. The Kier molecular flexibility index (Phi) is 9.19. The maximum atomic E-state index is 13.3. The molecule has 0 saturated heterocycles. The van der Waals surface area contributed by atoms with E-state index in [0.717, 1.165) is 0 Å². The fourth-order valence-corrected chi connectivity index (χ4v) is 5.89. The van der Waals surface area contributed by atoms with E-state index in [4.69, 9.17) is 0 Å². The summed E-state index contributed by atoms with van der Waals surface area (Å²) in [6, 6.07) is 7.42. The van der Waals surface area contributed by atoms with Gasteiger partial charge in [-0.25, -0.2) is 13.4 Å². The van der Waals surface area contributed by atoms with Crippen LogP contribution in [0.3, 0.4) is 0 Å². The molecule has 0 bridgehead atoms. The summed E-state index contributed by atoms with van der Waals surface area (Å²) >= 11 is 0. The number of nitrogens with one attached hydrogen (secondary N) is 2. The molecular formula is C29H27F6N3O4S. The first-order valence-electron chi connectivity index (χ1n) is 13.3. The Labute approximate surface area is 243 Å². The second-order valence-corrected chi connectivity index (χ2v) is 12.0. The van der Waals surface area contributed by atoms with Crippen LogP contribution in [0, 0.1) is 5.92 Å². The summed E-state index contributed by atoms with van der Waals surface area (Å²) < 4.78 is 106. The highest BCUT2D eigenvalue weighted by molar-refractivity contribution is 7.90. The smallest absolute Gasteiger partial charge is 0.348 e. The fourth-order valence-electron chi connectivity index (χ4n) is 4.66. The van der Waals surface area contributed by atoms with Crippen LogP contribution in [-0.2, 0) is 27.2 Å². The zero-order chi connectivity index (χ0) is 31.6. The van der Waals surface area contributed by atoms with Gasteiger partial charge in [-0.15, -0.1) is 0 Å². The van der Waals surface area contributed by atoms with E-state index in [0.29, 0.717) is 30.4 Å². The molecule has 0 radical (unpaired) electrons. The molecule has 0 fully saturated rings. The Bertz CT molecular complexity index is 1640. The largest absolute Gasteiger partial charge is 0.416 e. The van der Waals surface area contributed by atoms with Crippen LogP contribution in [-0.4, -0.2) is 37.0 Å². The average molecular weight is 628 g/mol. The molecule has 0 spiro atoms. The summed E-state index contributed by atoms with van der Waals surface area (Å²) in [5, 5.41) is 3.15. The molecule has 1 aliphatic rings. The standard InChI is InChI=1S/C29H27F6N3O4S/c1-2-3-12-43(41,42)38-27(40)22-6-4-5-7-25(22)37-26(39)18-9-11-23-17(13-18)8-10-24(36-23)19-14-20(28(30,31)32)16-21(15-19)29(33,34)35/h4-5,8-11,13-16,22,25H,2-3,6-7,12H2,1H3,(H,37,39)(H,38,40)/t22-,25-/m0/s1. The number of unbranched alkanes of at least 4 members (excludes halogenated alkanes) is 1. The van der Waals surface area contributed by atoms with Crippen molar-refractivity contribution < 1.29 is 44.3 Å². The van der Waals surface area contributed by atoms with Gasteiger partial charge in [0.05, 0.1) is 34.0 Å². The number of rotatable bonds is 8. The molecule has 0 saturated carbocycles. The van der Waals surface area contributed by atoms with Crippen molar-refractivity contribution in [2.24, 2.45) is 5.92 Å². The van der Waals surface area contributed by atoms with Gasteiger partial charge in [0.2, 0.25) is 15.9 Å². The summed E-state index contributed by atoms with van der Waals surface area (Å²) in [5.41, 5.74) is -3.06. The fraction of sp³-hybridized carbons (Fsp3) is 0.345. The lowest BCUT2D eigenvalue weighted by Gasteiger charge is -2.28. The normalized spacial score (nSPS) is 17.6. The van der Waals surface area contributed by atoms with Gasteiger partial charge in [-0.1, -0.05) is 31.6 Å². The van der Waals surface area contributed by atoms with Crippen molar-refractivity contribution in [2.45, 2.75) is 51.0 Å². The number of fused-ring (bicyclic) bond motifs is 1. The third kappa shape index (κ3) is 7.92. The first-order chi connectivity index (χ1) is 20.1. The second-order valence-electron chi connectivity index (χ2n) is 10.2. The van der Waals surface area contributed by atoms with E-state index in [1.54, 1.807) is 12.2 Å². The number of carbonyl (C=O) groups is 2. The van der Waals surface area contributed by atoms with Gasteiger partial charge in [0.15, 0.2) is 0 Å². The van der Waals surface area contributed by atoms with E-state index < -0.39 is 57.3 Å². The summed E-state index contributed by atoms with van der Waals surface area (Å²) in [7, 11) is -3.82. The first kappa shape index (κ1) is 32.0. The van der Waals surface area contributed by atoms with Crippen molar-refractivity contribution in [1.82, 2.24) is 15.0 Å². The number of hydrogen-bond donors (Lipinski definition) is 2. The highest BCUT2D eigenvalue weighted by atomic mass is 32.2. The van der Waals surface area contributed by atoms with Gasteiger partial charge < -0.3 is 5.32 Å². The van der Waals surface area contributed by atoms with E-state index in [1.807, 2.05) is 6.92 Å². The average Bonchev–Trinajstić information content (AvgIpc) is 2.94.